The second-order valence-corrected chi connectivity index (χ2v) is 5.99. The van der Waals surface area contributed by atoms with Crippen LogP contribution in [0.25, 0.3) is 0 Å². The van der Waals surface area contributed by atoms with E-state index < -0.39 is 10.0 Å². The van der Waals surface area contributed by atoms with E-state index in [1.165, 1.54) is 23.7 Å². The van der Waals surface area contributed by atoms with Gasteiger partial charge in [-0.05, 0) is 17.7 Å². The van der Waals surface area contributed by atoms with E-state index >= 15 is 0 Å². The summed E-state index contributed by atoms with van der Waals surface area (Å²) in [7, 11) is -1.99. The van der Waals surface area contributed by atoms with Crippen molar-refractivity contribution < 1.29 is 8.42 Å². The molecule has 6 nitrogen and oxygen atoms in total. The number of nitrogens with two attached hydrogens (primary N) is 1. The number of benzene rings is 1. The number of hydrogen-bond donors (Lipinski definition) is 2. The van der Waals surface area contributed by atoms with Crippen molar-refractivity contribution in [2.45, 2.75) is 11.4 Å². The molecule has 18 heavy (non-hydrogen) atoms. The number of aromatic amines is 1. The number of rotatable bonds is 4. The Morgan fingerprint density at radius 2 is 2.22 bits per heavy atom. The lowest BCUT2D eigenvalue weighted by Gasteiger charge is -2.16. The molecule has 0 radical (unpaired) electrons. The maximum Gasteiger partial charge on any atom is 0.246 e. The molecule has 2 rings (SSSR count). The van der Waals surface area contributed by atoms with E-state index in [2.05, 4.69) is 10.2 Å². The number of H-pyrrole nitrogens is 1. The molecule has 0 fully saturated rings. The van der Waals surface area contributed by atoms with Crippen LogP contribution in [0.3, 0.4) is 0 Å². The van der Waals surface area contributed by atoms with Gasteiger partial charge in [0.25, 0.3) is 0 Å². The number of nitrogen functional groups attached to an aromatic ring is 1. The zero-order valence-electron chi connectivity index (χ0n) is 9.87. The van der Waals surface area contributed by atoms with E-state index in [1.54, 1.807) is 18.2 Å². The number of aromatic nitrogens is 2. The molecular weight excluding hydrogens is 252 g/mol. The van der Waals surface area contributed by atoms with Crippen LogP contribution in [0.1, 0.15) is 5.56 Å². The summed E-state index contributed by atoms with van der Waals surface area (Å²) in [5.41, 5.74) is 7.11. The van der Waals surface area contributed by atoms with Crippen molar-refractivity contribution in [2.24, 2.45) is 0 Å². The summed E-state index contributed by atoms with van der Waals surface area (Å²) in [5, 5.41) is 6.13. The highest BCUT2D eigenvalue weighted by Crippen LogP contribution is 2.16. The molecule has 0 amide bonds. The summed E-state index contributed by atoms with van der Waals surface area (Å²) in [5.74, 6) is 0. The van der Waals surface area contributed by atoms with Crippen LogP contribution in [-0.4, -0.2) is 30.0 Å². The van der Waals surface area contributed by atoms with Gasteiger partial charge in [0.05, 0.1) is 6.20 Å². The molecule has 7 heteroatoms. The Bertz CT molecular complexity index is 622. The van der Waals surface area contributed by atoms with E-state index in [1.807, 2.05) is 6.07 Å². The molecule has 1 heterocycles. The van der Waals surface area contributed by atoms with Gasteiger partial charge in [-0.15, -0.1) is 0 Å². The first-order valence-corrected chi connectivity index (χ1v) is 6.73. The minimum absolute atomic E-state index is 0.147. The molecule has 96 valence electrons. The number of anilines is 1. The van der Waals surface area contributed by atoms with Crippen molar-refractivity contribution in [3.8, 4) is 0 Å². The highest BCUT2D eigenvalue weighted by molar-refractivity contribution is 7.89. The van der Waals surface area contributed by atoms with Crippen LogP contribution in [0.2, 0.25) is 0 Å². The van der Waals surface area contributed by atoms with Gasteiger partial charge >= 0.3 is 0 Å². The Morgan fingerprint density at radius 1 is 1.44 bits per heavy atom. The third-order valence-electron chi connectivity index (χ3n) is 2.54. The van der Waals surface area contributed by atoms with Crippen LogP contribution in [0.15, 0.2) is 41.6 Å². The summed E-state index contributed by atoms with van der Waals surface area (Å²) in [6, 6.07) is 7.14. The van der Waals surface area contributed by atoms with Gasteiger partial charge in [0.1, 0.15) is 4.90 Å². The highest BCUT2D eigenvalue weighted by Gasteiger charge is 2.21. The number of nitrogens with zero attached hydrogens (tertiary/aromatic N) is 2. The number of hydrogen-bond acceptors (Lipinski definition) is 4. The Kier molecular flexibility index (Phi) is 3.35. The standard InChI is InChI=1S/C11H14N4O2S/c1-15(8-9-3-2-4-10(12)5-9)18(16,17)11-6-13-14-7-11/h2-7H,8,12H2,1H3,(H,13,14). The molecular formula is C11H14N4O2S. The van der Waals surface area contributed by atoms with Crippen molar-refractivity contribution in [3.63, 3.8) is 0 Å². The molecule has 0 atom stereocenters. The maximum absolute atomic E-state index is 12.1. The van der Waals surface area contributed by atoms with Gasteiger partial charge in [0.15, 0.2) is 0 Å². The SMILES string of the molecule is CN(Cc1cccc(N)c1)S(=O)(=O)c1cn[nH]c1. The van der Waals surface area contributed by atoms with Crippen LogP contribution in [-0.2, 0) is 16.6 Å². The van der Waals surface area contributed by atoms with Crippen LogP contribution in [0.4, 0.5) is 5.69 Å². The van der Waals surface area contributed by atoms with Crippen molar-refractivity contribution in [1.29, 1.82) is 0 Å². The number of nitrogens with one attached hydrogen (secondary N) is 1. The first-order chi connectivity index (χ1) is 8.50. The molecule has 2 aromatic rings. The molecule has 0 bridgehead atoms. The van der Waals surface area contributed by atoms with Gasteiger partial charge < -0.3 is 5.73 Å². The minimum Gasteiger partial charge on any atom is -0.399 e. The highest BCUT2D eigenvalue weighted by atomic mass is 32.2. The zero-order chi connectivity index (χ0) is 13.2. The van der Waals surface area contributed by atoms with E-state index in [0.29, 0.717) is 5.69 Å². The monoisotopic (exact) mass is 266 g/mol. The molecule has 0 aliphatic carbocycles. The molecule has 0 saturated carbocycles. The fourth-order valence-electron chi connectivity index (χ4n) is 1.59. The Hall–Kier alpha value is -1.86. The molecule has 0 unspecified atom stereocenters. The average Bonchev–Trinajstić information content (AvgIpc) is 2.82. The zero-order valence-corrected chi connectivity index (χ0v) is 10.7. The quantitative estimate of drug-likeness (QED) is 0.801. The van der Waals surface area contributed by atoms with E-state index in [9.17, 15) is 8.42 Å². The minimum atomic E-state index is -3.51. The lowest BCUT2D eigenvalue weighted by molar-refractivity contribution is 0.467. The van der Waals surface area contributed by atoms with Crippen LogP contribution >= 0.6 is 0 Å². The summed E-state index contributed by atoms with van der Waals surface area (Å²) < 4.78 is 25.5. The summed E-state index contributed by atoms with van der Waals surface area (Å²) in [4.78, 5) is 0.147. The van der Waals surface area contributed by atoms with E-state index in [-0.39, 0.29) is 11.4 Å². The molecule has 1 aromatic heterocycles. The third kappa shape index (κ3) is 2.52. The first-order valence-electron chi connectivity index (χ1n) is 5.29. The predicted octanol–water partition coefficient (Wildman–Crippen LogP) is 0.813. The molecule has 0 spiro atoms. The van der Waals surface area contributed by atoms with Gasteiger partial charge in [-0.3, -0.25) is 5.10 Å². The third-order valence-corrected chi connectivity index (χ3v) is 4.31. The summed E-state index contributed by atoms with van der Waals surface area (Å²) in [6.45, 7) is 0.262. The van der Waals surface area contributed by atoms with E-state index in [4.69, 9.17) is 5.73 Å². The summed E-state index contributed by atoms with van der Waals surface area (Å²) >= 11 is 0. The van der Waals surface area contributed by atoms with Crippen LogP contribution < -0.4 is 5.73 Å². The van der Waals surface area contributed by atoms with Crippen molar-refractivity contribution in [2.75, 3.05) is 12.8 Å². The fraction of sp³-hybridized carbons (Fsp3) is 0.182. The Balaban J connectivity index is 2.20. The lowest BCUT2D eigenvalue weighted by Crippen LogP contribution is -2.26. The molecule has 1 aromatic carbocycles. The smallest absolute Gasteiger partial charge is 0.246 e. The molecule has 0 aliphatic heterocycles. The van der Waals surface area contributed by atoms with Gasteiger partial charge in [-0.25, -0.2) is 8.42 Å². The van der Waals surface area contributed by atoms with Crippen molar-refractivity contribution >= 4 is 15.7 Å². The van der Waals surface area contributed by atoms with Crippen molar-refractivity contribution in [3.05, 3.63) is 42.2 Å². The normalized spacial score (nSPS) is 11.9. The van der Waals surface area contributed by atoms with Gasteiger partial charge in [-0.1, -0.05) is 12.1 Å². The van der Waals surface area contributed by atoms with Crippen LogP contribution in [0.5, 0.6) is 0 Å². The molecule has 0 aliphatic rings. The first kappa shape index (κ1) is 12.6. The molecule has 0 saturated heterocycles. The largest absolute Gasteiger partial charge is 0.399 e. The fourth-order valence-corrected chi connectivity index (χ4v) is 2.66. The van der Waals surface area contributed by atoms with Gasteiger partial charge in [-0.2, -0.15) is 9.40 Å². The average molecular weight is 266 g/mol. The van der Waals surface area contributed by atoms with Gasteiger partial charge in [0.2, 0.25) is 10.0 Å². The van der Waals surface area contributed by atoms with Crippen LogP contribution in [0, 0.1) is 0 Å². The number of sulfonamides is 1. The van der Waals surface area contributed by atoms with Crippen molar-refractivity contribution in [1.82, 2.24) is 14.5 Å². The second-order valence-electron chi connectivity index (χ2n) is 3.94. The predicted molar refractivity (Wildman–Crippen MR) is 68.1 cm³/mol. The summed E-state index contributed by atoms with van der Waals surface area (Å²) in [6.07, 6.45) is 2.64. The Labute approximate surface area is 105 Å². The molecule has 3 N–H and O–H groups in total. The maximum atomic E-state index is 12.1. The van der Waals surface area contributed by atoms with Gasteiger partial charge in [0, 0.05) is 25.5 Å². The Morgan fingerprint density at radius 3 is 2.83 bits per heavy atom. The topological polar surface area (TPSA) is 92.1 Å². The van der Waals surface area contributed by atoms with E-state index in [0.717, 1.165) is 5.56 Å². The lowest BCUT2D eigenvalue weighted by atomic mass is 10.2. The second kappa shape index (κ2) is 4.79.